The predicted octanol–water partition coefficient (Wildman–Crippen LogP) is 2.69. The van der Waals surface area contributed by atoms with Crippen LogP contribution in [0.2, 0.25) is 0 Å². The second kappa shape index (κ2) is 4.47. The van der Waals surface area contributed by atoms with Crippen molar-refractivity contribution in [2.24, 2.45) is 0 Å². The van der Waals surface area contributed by atoms with E-state index >= 15 is 0 Å². The predicted molar refractivity (Wildman–Crippen MR) is 54.8 cm³/mol. The second-order valence-electron chi connectivity index (χ2n) is 4.24. The lowest BCUT2D eigenvalue weighted by molar-refractivity contribution is -0.00525. The van der Waals surface area contributed by atoms with Crippen molar-refractivity contribution in [1.29, 1.82) is 0 Å². The lowest BCUT2D eigenvalue weighted by Crippen LogP contribution is -2.20. The summed E-state index contributed by atoms with van der Waals surface area (Å²) in [7, 11) is 0. The van der Waals surface area contributed by atoms with Gasteiger partial charge in [0.1, 0.15) is 0 Å². The van der Waals surface area contributed by atoms with Crippen molar-refractivity contribution in [3.8, 4) is 0 Å². The Morgan fingerprint density at radius 2 is 1.77 bits per heavy atom. The number of ether oxygens (including phenoxy) is 1. The molecule has 1 aromatic heterocycles. The quantitative estimate of drug-likeness (QED) is 0.651. The minimum Gasteiger partial charge on any atom is -0.376 e. The molecule has 0 spiro atoms. The van der Waals surface area contributed by atoms with E-state index in [4.69, 9.17) is 4.74 Å². The van der Waals surface area contributed by atoms with Crippen molar-refractivity contribution in [2.45, 2.75) is 39.3 Å². The Kier molecular flexibility index (Phi) is 3.55. The Balaban J connectivity index is 2.09. The molecule has 2 nitrogen and oxygen atoms in total. The van der Waals surface area contributed by atoms with Crippen LogP contribution in [0, 0.1) is 0 Å². The van der Waals surface area contributed by atoms with Gasteiger partial charge >= 0.3 is 0 Å². The Morgan fingerprint density at radius 1 is 1.15 bits per heavy atom. The average Bonchev–Trinajstić information content (AvgIpc) is 2.48. The molecule has 2 heteroatoms. The van der Waals surface area contributed by atoms with Gasteiger partial charge in [-0.15, -0.1) is 0 Å². The molecule has 13 heavy (non-hydrogen) atoms. The van der Waals surface area contributed by atoms with Gasteiger partial charge in [0.15, 0.2) is 0 Å². The van der Waals surface area contributed by atoms with Crippen LogP contribution in [-0.2, 0) is 11.3 Å². The van der Waals surface area contributed by atoms with Crippen LogP contribution in [0.1, 0.15) is 27.2 Å². The van der Waals surface area contributed by atoms with Crippen LogP contribution in [0.3, 0.4) is 0 Å². The van der Waals surface area contributed by atoms with Crippen LogP contribution in [0.4, 0.5) is 0 Å². The molecule has 0 saturated carbocycles. The first-order chi connectivity index (χ1) is 6.08. The Labute approximate surface area is 80.5 Å². The SMILES string of the molecule is CC(C)(C)OCCCn1cccc1. The maximum atomic E-state index is 5.61. The first-order valence-corrected chi connectivity index (χ1v) is 4.83. The fourth-order valence-corrected chi connectivity index (χ4v) is 1.14. The summed E-state index contributed by atoms with van der Waals surface area (Å²) in [5.74, 6) is 0. The van der Waals surface area contributed by atoms with E-state index in [9.17, 15) is 0 Å². The van der Waals surface area contributed by atoms with E-state index in [0.29, 0.717) is 0 Å². The highest BCUT2D eigenvalue weighted by molar-refractivity contribution is 4.89. The maximum Gasteiger partial charge on any atom is 0.0598 e. The molecule has 0 amide bonds. The lowest BCUT2D eigenvalue weighted by Gasteiger charge is -2.19. The normalized spacial score (nSPS) is 11.9. The third-order valence-electron chi connectivity index (χ3n) is 1.76. The van der Waals surface area contributed by atoms with Crippen molar-refractivity contribution in [3.05, 3.63) is 24.5 Å². The summed E-state index contributed by atoms with van der Waals surface area (Å²) in [5, 5.41) is 0. The van der Waals surface area contributed by atoms with E-state index in [1.807, 2.05) is 12.1 Å². The minimum absolute atomic E-state index is 0.00329. The van der Waals surface area contributed by atoms with Crippen LogP contribution in [0.25, 0.3) is 0 Å². The van der Waals surface area contributed by atoms with E-state index in [2.05, 4.69) is 37.7 Å². The molecule has 1 aromatic rings. The van der Waals surface area contributed by atoms with Crippen LogP contribution in [0.15, 0.2) is 24.5 Å². The summed E-state index contributed by atoms with van der Waals surface area (Å²) in [5.41, 5.74) is -0.00329. The average molecular weight is 181 g/mol. The molecule has 1 heterocycles. The molecular weight excluding hydrogens is 162 g/mol. The van der Waals surface area contributed by atoms with Gasteiger partial charge in [-0.2, -0.15) is 0 Å². The zero-order chi connectivity index (χ0) is 9.73. The van der Waals surface area contributed by atoms with Gasteiger partial charge in [-0.25, -0.2) is 0 Å². The number of hydrogen-bond acceptors (Lipinski definition) is 1. The molecule has 0 aliphatic carbocycles. The van der Waals surface area contributed by atoms with Gasteiger partial charge in [0.25, 0.3) is 0 Å². The fourth-order valence-electron chi connectivity index (χ4n) is 1.14. The number of aryl methyl sites for hydroxylation is 1. The van der Waals surface area contributed by atoms with Gasteiger partial charge in [0.2, 0.25) is 0 Å². The van der Waals surface area contributed by atoms with E-state index in [1.165, 1.54) is 0 Å². The van der Waals surface area contributed by atoms with Crippen molar-refractivity contribution in [3.63, 3.8) is 0 Å². The second-order valence-corrected chi connectivity index (χ2v) is 4.24. The molecule has 0 atom stereocenters. The van der Waals surface area contributed by atoms with Crippen molar-refractivity contribution in [2.75, 3.05) is 6.61 Å². The van der Waals surface area contributed by atoms with Gasteiger partial charge in [-0.3, -0.25) is 0 Å². The highest BCUT2D eigenvalue weighted by atomic mass is 16.5. The smallest absolute Gasteiger partial charge is 0.0598 e. The Bertz CT molecular complexity index is 221. The minimum atomic E-state index is -0.00329. The third-order valence-corrected chi connectivity index (χ3v) is 1.76. The first kappa shape index (κ1) is 10.3. The monoisotopic (exact) mass is 181 g/mol. The zero-order valence-corrected chi connectivity index (χ0v) is 8.79. The maximum absolute atomic E-state index is 5.61. The van der Waals surface area contributed by atoms with Crippen molar-refractivity contribution in [1.82, 2.24) is 4.57 Å². The Hall–Kier alpha value is -0.760. The molecule has 0 fully saturated rings. The zero-order valence-electron chi connectivity index (χ0n) is 8.79. The first-order valence-electron chi connectivity index (χ1n) is 4.83. The summed E-state index contributed by atoms with van der Waals surface area (Å²) in [6.45, 7) is 8.14. The fraction of sp³-hybridized carbons (Fsp3) is 0.636. The van der Waals surface area contributed by atoms with Crippen LogP contribution < -0.4 is 0 Å². The molecule has 74 valence electrons. The highest BCUT2D eigenvalue weighted by Gasteiger charge is 2.08. The van der Waals surface area contributed by atoms with E-state index in [-0.39, 0.29) is 5.60 Å². The van der Waals surface area contributed by atoms with Crippen LogP contribution >= 0.6 is 0 Å². The van der Waals surface area contributed by atoms with Crippen LogP contribution in [0.5, 0.6) is 0 Å². The highest BCUT2D eigenvalue weighted by Crippen LogP contribution is 2.07. The molecule has 0 radical (unpaired) electrons. The summed E-state index contributed by atoms with van der Waals surface area (Å²) < 4.78 is 7.79. The third kappa shape index (κ3) is 4.73. The number of aromatic nitrogens is 1. The molecule has 0 aliphatic rings. The summed E-state index contributed by atoms with van der Waals surface area (Å²) in [6.07, 6.45) is 5.24. The van der Waals surface area contributed by atoms with E-state index in [1.54, 1.807) is 0 Å². The molecular formula is C11H19NO. The van der Waals surface area contributed by atoms with Gasteiger partial charge in [0, 0.05) is 25.5 Å². The molecule has 0 aliphatic heterocycles. The topological polar surface area (TPSA) is 14.2 Å². The van der Waals surface area contributed by atoms with E-state index in [0.717, 1.165) is 19.6 Å². The summed E-state index contributed by atoms with van der Waals surface area (Å²) in [4.78, 5) is 0. The van der Waals surface area contributed by atoms with Gasteiger partial charge in [-0.1, -0.05) is 0 Å². The largest absolute Gasteiger partial charge is 0.376 e. The van der Waals surface area contributed by atoms with Crippen LogP contribution in [-0.4, -0.2) is 16.8 Å². The molecule has 0 saturated heterocycles. The number of rotatable bonds is 4. The van der Waals surface area contributed by atoms with Gasteiger partial charge < -0.3 is 9.30 Å². The van der Waals surface area contributed by atoms with Gasteiger partial charge in [0.05, 0.1) is 5.60 Å². The standard InChI is InChI=1S/C11H19NO/c1-11(2,3)13-10-6-9-12-7-4-5-8-12/h4-5,7-8H,6,9-10H2,1-3H3. The molecule has 0 bridgehead atoms. The molecule has 0 aromatic carbocycles. The summed E-state index contributed by atoms with van der Waals surface area (Å²) >= 11 is 0. The molecule has 1 rings (SSSR count). The number of hydrogen-bond donors (Lipinski definition) is 0. The summed E-state index contributed by atoms with van der Waals surface area (Å²) in [6, 6.07) is 4.09. The number of nitrogens with zero attached hydrogens (tertiary/aromatic N) is 1. The van der Waals surface area contributed by atoms with Crippen molar-refractivity contribution >= 4 is 0 Å². The molecule has 0 unspecified atom stereocenters. The Morgan fingerprint density at radius 3 is 2.31 bits per heavy atom. The van der Waals surface area contributed by atoms with Crippen molar-refractivity contribution < 1.29 is 4.74 Å². The van der Waals surface area contributed by atoms with E-state index < -0.39 is 0 Å². The lowest BCUT2D eigenvalue weighted by atomic mass is 10.2. The molecule has 0 N–H and O–H groups in total. The van der Waals surface area contributed by atoms with Gasteiger partial charge in [-0.05, 0) is 39.3 Å².